The van der Waals surface area contributed by atoms with Crippen LogP contribution in [0.2, 0.25) is 0 Å². The molecule has 2 unspecified atom stereocenters. The molecule has 2 rings (SSSR count). The Bertz CT molecular complexity index is 470. The molecule has 2 heteroatoms. The molecule has 20 heavy (non-hydrogen) atoms. The Balaban J connectivity index is 1.99. The lowest BCUT2D eigenvalue weighted by molar-refractivity contribution is -0.0222. The third-order valence-corrected chi connectivity index (χ3v) is 4.14. The molecule has 0 aromatic heterocycles. The minimum atomic E-state index is -0.101. The van der Waals surface area contributed by atoms with Gasteiger partial charge in [0.25, 0.3) is 0 Å². The number of hydrogen-bond acceptors (Lipinski definition) is 2. The quantitative estimate of drug-likeness (QED) is 0.850. The van der Waals surface area contributed by atoms with Gasteiger partial charge in [0.15, 0.2) is 0 Å². The van der Waals surface area contributed by atoms with Crippen LogP contribution in [0.1, 0.15) is 50.2 Å². The van der Waals surface area contributed by atoms with Gasteiger partial charge in [-0.25, -0.2) is 0 Å². The van der Waals surface area contributed by atoms with Crippen molar-refractivity contribution < 1.29 is 9.84 Å². The smallest absolute Gasteiger partial charge is 0.104 e. The van der Waals surface area contributed by atoms with Crippen LogP contribution in [0.15, 0.2) is 24.3 Å². The monoisotopic (exact) mass is 272 g/mol. The van der Waals surface area contributed by atoms with Crippen molar-refractivity contribution in [2.24, 2.45) is 5.92 Å². The molecule has 1 fully saturated rings. The lowest BCUT2D eigenvalue weighted by atomic mass is 9.85. The molecule has 1 saturated carbocycles. The fraction of sp³-hybridized carbons (Fsp3) is 0.556. The van der Waals surface area contributed by atoms with Crippen molar-refractivity contribution in [3.8, 4) is 11.8 Å². The Morgan fingerprint density at radius 2 is 2.05 bits per heavy atom. The topological polar surface area (TPSA) is 29.5 Å². The second-order valence-electron chi connectivity index (χ2n) is 5.42. The van der Waals surface area contributed by atoms with Gasteiger partial charge in [-0.15, -0.1) is 0 Å². The molecule has 0 bridgehead atoms. The molecule has 0 saturated heterocycles. The zero-order chi connectivity index (χ0) is 14.2. The maximum Gasteiger partial charge on any atom is 0.104 e. The first kappa shape index (κ1) is 15.1. The highest BCUT2D eigenvalue weighted by molar-refractivity contribution is 5.41. The molecule has 0 heterocycles. The van der Waals surface area contributed by atoms with Crippen molar-refractivity contribution in [2.45, 2.75) is 51.7 Å². The third-order valence-electron chi connectivity index (χ3n) is 4.14. The predicted molar refractivity (Wildman–Crippen MR) is 81.2 cm³/mol. The standard InChI is InChI=1S/C18H24O2/c1-2-15-8-5-6-12-18(15)20-14-17-10-4-3-9-16(17)11-7-13-19/h3-4,9-10,15,18-19H,2,5-6,8,12-14H2,1H3. The second kappa shape index (κ2) is 8.09. The van der Waals surface area contributed by atoms with Gasteiger partial charge in [-0.1, -0.05) is 56.2 Å². The molecule has 1 aromatic carbocycles. The Kier molecular flexibility index (Phi) is 6.11. The molecule has 0 radical (unpaired) electrons. The number of rotatable bonds is 4. The minimum absolute atomic E-state index is 0.101. The molecule has 1 N–H and O–H groups in total. The molecule has 0 aliphatic heterocycles. The van der Waals surface area contributed by atoms with Gasteiger partial charge < -0.3 is 9.84 Å². The maximum atomic E-state index is 8.81. The van der Waals surface area contributed by atoms with Gasteiger partial charge in [-0.2, -0.15) is 0 Å². The van der Waals surface area contributed by atoms with Crippen molar-refractivity contribution >= 4 is 0 Å². The molecular weight excluding hydrogens is 248 g/mol. The summed E-state index contributed by atoms with van der Waals surface area (Å²) in [4.78, 5) is 0. The van der Waals surface area contributed by atoms with Crippen molar-refractivity contribution in [3.63, 3.8) is 0 Å². The summed E-state index contributed by atoms with van der Waals surface area (Å²) in [7, 11) is 0. The second-order valence-corrected chi connectivity index (χ2v) is 5.42. The largest absolute Gasteiger partial charge is 0.384 e. The average molecular weight is 272 g/mol. The Hall–Kier alpha value is -1.30. The van der Waals surface area contributed by atoms with Crippen molar-refractivity contribution in [3.05, 3.63) is 35.4 Å². The third kappa shape index (κ3) is 4.10. The fourth-order valence-electron chi connectivity index (χ4n) is 2.96. The van der Waals surface area contributed by atoms with Gasteiger partial charge in [0.2, 0.25) is 0 Å². The van der Waals surface area contributed by atoms with Crippen LogP contribution in [0.4, 0.5) is 0 Å². The number of aliphatic hydroxyl groups is 1. The lowest BCUT2D eigenvalue weighted by Crippen LogP contribution is -2.27. The van der Waals surface area contributed by atoms with E-state index in [1.54, 1.807) is 0 Å². The van der Waals surface area contributed by atoms with Gasteiger partial charge in [0.05, 0.1) is 12.7 Å². The van der Waals surface area contributed by atoms with Gasteiger partial charge in [0.1, 0.15) is 6.61 Å². The molecule has 0 spiro atoms. The maximum absolute atomic E-state index is 8.81. The van der Waals surface area contributed by atoms with Gasteiger partial charge in [-0.3, -0.25) is 0 Å². The summed E-state index contributed by atoms with van der Waals surface area (Å²) < 4.78 is 6.16. The summed E-state index contributed by atoms with van der Waals surface area (Å²) in [6.07, 6.45) is 6.71. The molecule has 108 valence electrons. The fourth-order valence-corrected chi connectivity index (χ4v) is 2.96. The van der Waals surface area contributed by atoms with Crippen LogP contribution in [-0.4, -0.2) is 17.8 Å². The Morgan fingerprint density at radius 1 is 1.25 bits per heavy atom. The molecule has 0 amide bonds. The van der Waals surface area contributed by atoms with Crippen LogP contribution in [0.5, 0.6) is 0 Å². The van der Waals surface area contributed by atoms with Crippen molar-refractivity contribution in [1.29, 1.82) is 0 Å². The highest BCUT2D eigenvalue weighted by atomic mass is 16.5. The van der Waals surface area contributed by atoms with Gasteiger partial charge >= 0.3 is 0 Å². The summed E-state index contributed by atoms with van der Waals surface area (Å²) in [5.74, 6) is 6.42. The number of ether oxygens (including phenoxy) is 1. The SMILES string of the molecule is CCC1CCCCC1OCc1ccccc1C#CCO. The molecule has 2 atom stereocenters. The van der Waals surface area contributed by atoms with Crippen molar-refractivity contribution in [2.75, 3.05) is 6.61 Å². The van der Waals surface area contributed by atoms with E-state index in [9.17, 15) is 0 Å². The van der Waals surface area contributed by atoms with E-state index < -0.39 is 0 Å². The van der Waals surface area contributed by atoms with Crippen LogP contribution >= 0.6 is 0 Å². The first-order valence-electron chi connectivity index (χ1n) is 7.64. The van der Waals surface area contributed by atoms with E-state index >= 15 is 0 Å². The van der Waals surface area contributed by atoms with E-state index in [0.717, 1.165) is 11.1 Å². The van der Waals surface area contributed by atoms with E-state index in [1.165, 1.54) is 32.1 Å². The number of hydrogen-bond donors (Lipinski definition) is 1. The highest BCUT2D eigenvalue weighted by Crippen LogP contribution is 2.29. The van der Waals surface area contributed by atoms with E-state index in [4.69, 9.17) is 9.84 Å². The number of aliphatic hydroxyl groups excluding tert-OH is 1. The van der Waals surface area contributed by atoms with Crippen molar-refractivity contribution in [1.82, 2.24) is 0 Å². The molecule has 1 aliphatic carbocycles. The van der Waals surface area contributed by atoms with Crippen LogP contribution in [0.25, 0.3) is 0 Å². The first-order chi connectivity index (χ1) is 9.85. The van der Waals surface area contributed by atoms with Gasteiger partial charge in [0, 0.05) is 5.56 Å². The van der Waals surface area contributed by atoms with E-state index in [-0.39, 0.29) is 6.61 Å². The summed E-state index contributed by atoms with van der Waals surface area (Å²) in [6, 6.07) is 8.03. The Morgan fingerprint density at radius 3 is 2.85 bits per heavy atom. The van der Waals surface area contributed by atoms with E-state index in [2.05, 4.69) is 24.8 Å². The number of benzene rings is 1. The molecule has 1 aromatic rings. The van der Waals surface area contributed by atoms with Crippen LogP contribution in [0, 0.1) is 17.8 Å². The molecular formula is C18H24O2. The van der Waals surface area contributed by atoms with Crippen LogP contribution in [0.3, 0.4) is 0 Å². The predicted octanol–water partition coefficient (Wildman–Crippen LogP) is 3.52. The summed E-state index contributed by atoms with van der Waals surface area (Å²) >= 11 is 0. The highest BCUT2D eigenvalue weighted by Gasteiger charge is 2.24. The normalized spacial score (nSPS) is 22.1. The van der Waals surface area contributed by atoms with E-state index in [1.807, 2.05) is 18.2 Å². The summed E-state index contributed by atoms with van der Waals surface area (Å²) in [5, 5.41) is 8.81. The van der Waals surface area contributed by atoms with Crippen LogP contribution in [-0.2, 0) is 11.3 Å². The van der Waals surface area contributed by atoms with E-state index in [0.29, 0.717) is 18.6 Å². The van der Waals surface area contributed by atoms with Gasteiger partial charge in [-0.05, 0) is 30.4 Å². The Labute approximate surface area is 122 Å². The average Bonchev–Trinajstić information content (AvgIpc) is 2.52. The lowest BCUT2D eigenvalue weighted by Gasteiger charge is -2.30. The summed E-state index contributed by atoms with van der Waals surface area (Å²) in [6.45, 7) is 2.78. The zero-order valence-electron chi connectivity index (χ0n) is 12.3. The summed E-state index contributed by atoms with van der Waals surface area (Å²) in [5.41, 5.74) is 2.08. The first-order valence-corrected chi connectivity index (χ1v) is 7.64. The zero-order valence-corrected chi connectivity index (χ0v) is 12.3. The molecule has 2 nitrogen and oxygen atoms in total. The molecule has 1 aliphatic rings. The van der Waals surface area contributed by atoms with Crippen LogP contribution < -0.4 is 0 Å². The minimum Gasteiger partial charge on any atom is -0.384 e.